The molecule has 7 heteroatoms. The van der Waals surface area contributed by atoms with Gasteiger partial charge in [0.1, 0.15) is 5.03 Å². The Labute approximate surface area is 156 Å². The van der Waals surface area contributed by atoms with Gasteiger partial charge in [-0.05, 0) is 49.4 Å². The molecule has 1 aromatic carbocycles. The highest BCUT2D eigenvalue weighted by atomic mass is 32.2. The largest absolute Gasteiger partial charge is 0.311 e. The monoisotopic (exact) mass is 368 g/mol. The lowest BCUT2D eigenvalue weighted by atomic mass is 10.0. The maximum Gasteiger partial charge on any atom is 0.237 e. The Balaban J connectivity index is 1.34. The molecular formula is C19H20N4O2S. The van der Waals surface area contributed by atoms with Gasteiger partial charge in [-0.1, -0.05) is 30.0 Å². The number of carbonyl (C=O) groups excluding carboxylic acids is 2. The molecule has 6 nitrogen and oxygen atoms in total. The molecular weight excluding hydrogens is 348 g/mol. The van der Waals surface area contributed by atoms with Crippen LogP contribution in [0.4, 0.5) is 11.5 Å². The van der Waals surface area contributed by atoms with Gasteiger partial charge in [-0.25, -0.2) is 0 Å². The van der Waals surface area contributed by atoms with Gasteiger partial charge in [0.15, 0.2) is 5.82 Å². The van der Waals surface area contributed by atoms with E-state index in [0.29, 0.717) is 16.6 Å². The zero-order chi connectivity index (χ0) is 17.9. The van der Waals surface area contributed by atoms with Crippen LogP contribution in [0.2, 0.25) is 0 Å². The second-order valence-electron chi connectivity index (χ2n) is 6.59. The van der Waals surface area contributed by atoms with Gasteiger partial charge < -0.3 is 10.2 Å². The topological polar surface area (TPSA) is 75.2 Å². The van der Waals surface area contributed by atoms with Crippen molar-refractivity contribution in [2.45, 2.75) is 30.7 Å². The third-order valence-corrected chi connectivity index (χ3v) is 5.50. The number of anilines is 2. The standard InChI is InChI=1S/C19H20N4O2S/c24-18(23-11-3-5-13-4-1-2-6-15(13)23)12-26-17-10-9-16(21-22-17)20-19(25)14-7-8-14/h1-2,4,6,9-10,14H,3,5,7-8,11-12H2,(H,20,21,25). The van der Waals surface area contributed by atoms with E-state index in [4.69, 9.17) is 0 Å². The van der Waals surface area contributed by atoms with Crippen LogP contribution in [0.15, 0.2) is 41.4 Å². The summed E-state index contributed by atoms with van der Waals surface area (Å²) in [7, 11) is 0. The first-order valence-electron chi connectivity index (χ1n) is 8.86. The molecule has 2 aliphatic rings. The quantitative estimate of drug-likeness (QED) is 0.822. The summed E-state index contributed by atoms with van der Waals surface area (Å²) in [5.41, 5.74) is 2.25. The van der Waals surface area contributed by atoms with E-state index in [0.717, 1.165) is 37.9 Å². The number of benzene rings is 1. The highest BCUT2D eigenvalue weighted by molar-refractivity contribution is 7.99. The average molecular weight is 368 g/mol. The number of rotatable bonds is 5. The van der Waals surface area contributed by atoms with Crippen molar-refractivity contribution >= 4 is 35.1 Å². The van der Waals surface area contributed by atoms with E-state index in [1.165, 1.54) is 17.3 Å². The summed E-state index contributed by atoms with van der Waals surface area (Å²) in [5.74, 6) is 1.00. The summed E-state index contributed by atoms with van der Waals surface area (Å²) in [6.45, 7) is 0.758. The zero-order valence-electron chi connectivity index (χ0n) is 14.4. The van der Waals surface area contributed by atoms with Crippen molar-refractivity contribution in [2.24, 2.45) is 5.92 Å². The summed E-state index contributed by atoms with van der Waals surface area (Å²) < 4.78 is 0. The fourth-order valence-corrected chi connectivity index (χ4v) is 3.73. The SMILES string of the molecule is O=C(Nc1ccc(SCC(=O)N2CCCc3ccccc32)nn1)C1CC1. The smallest absolute Gasteiger partial charge is 0.237 e. The van der Waals surface area contributed by atoms with Crippen molar-refractivity contribution < 1.29 is 9.59 Å². The fourth-order valence-electron chi connectivity index (χ4n) is 3.04. The second-order valence-corrected chi connectivity index (χ2v) is 7.58. The van der Waals surface area contributed by atoms with Crippen LogP contribution in [0.3, 0.4) is 0 Å². The summed E-state index contributed by atoms with van der Waals surface area (Å²) in [6, 6.07) is 11.6. The average Bonchev–Trinajstić information content (AvgIpc) is 3.52. The third-order valence-electron chi connectivity index (χ3n) is 4.59. The summed E-state index contributed by atoms with van der Waals surface area (Å²) in [5, 5.41) is 11.6. The Hall–Kier alpha value is -2.41. The van der Waals surface area contributed by atoms with Crippen molar-refractivity contribution in [2.75, 3.05) is 22.5 Å². The van der Waals surface area contributed by atoms with Crippen LogP contribution < -0.4 is 10.2 Å². The van der Waals surface area contributed by atoms with Crippen LogP contribution in [0.5, 0.6) is 0 Å². The molecule has 4 rings (SSSR count). The highest BCUT2D eigenvalue weighted by Crippen LogP contribution is 2.30. The number of fused-ring (bicyclic) bond motifs is 1. The minimum Gasteiger partial charge on any atom is -0.311 e. The number of aryl methyl sites for hydroxylation is 1. The molecule has 1 aromatic heterocycles. The molecule has 0 saturated heterocycles. The minimum absolute atomic E-state index is 0.0126. The minimum atomic E-state index is 0.0126. The first-order chi connectivity index (χ1) is 12.7. The number of aromatic nitrogens is 2. The Kier molecular flexibility index (Phi) is 4.88. The molecule has 26 heavy (non-hydrogen) atoms. The lowest BCUT2D eigenvalue weighted by molar-refractivity contribution is -0.117. The molecule has 2 amide bonds. The van der Waals surface area contributed by atoms with E-state index in [1.54, 1.807) is 12.1 Å². The van der Waals surface area contributed by atoms with Crippen molar-refractivity contribution in [1.29, 1.82) is 0 Å². The lowest BCUT2D eigenvalue weighted by Crippen LogP contribution is -2.36. The molecule has 1 aliphatic carbocycles. The Morgan fingerprint density at radius 1 is 1.15 bits per heavy atom. The Morgan fingerprint density at radius 3 is 2.77 bits per heavy atom. The first kappa shape index (κ1) is 17.0. The molecule has 134 valence electrons. The van der Waals surface area contributed by atoms with Crippen molar-refractivity contribution in [3.8, 4) is 0 Å². The molecule has 2 aromatic rings. The maximum atomic E-state index is 12.6. The van der Waals surface area contributed by atoms with E-state index >= 15 is 0 Å². The molecule has 0 bridgehead atoms. The maximum absolute atomic E-state index is 12.6. The van der Waals surface area contributed by atoms with Crippen LogP contribution in [0, 0.1) is 5.92 Å². The van der Waals surface area contributed by atoms with Gasteiger partial charge in [0, 0.05) is 18.2 Å². The van der Waals surface area contributed by atoms with E-state index in [-0.39, 0.29) is 17.7 Å². The van der Waals surface area contributed by atoms with Gasteiger partial charge in [0.2, 0.25) is 11.8 Å². The van der Waals surface area contributed by atoms with Crippen molar-refractivity contribution in [1.82, 2.24) is 10.2 Å². The fraction of sp³-hybridized carbons (Fsp3) is 0.368. The number of nitrogens with one attached hydrogen (secondary N) is 1. The molecule has 2 heterocycles. The number of nitrogens with zero attached hydrogens (tertiary/aromatic N) is 3. The summed E-state index contributed by atoms with van der Waals surface area (Å²) in [4.78, 5) is 26.2. The van der Waals surface area contributed by atoms with E-state index in [9.17, 15) is 9.59 Å². The molecule has 0 spiro atoms. The van der Waals surface area contributed by atoms with Gasteiger partial charge in [0.05, 0.1) is 5.75 Å². The third kappa shape index (κ3) is 3.88. The van der Waals surface area contributed by atoms with Gasteiger partial charge >= 0.3 is 0 Å². The number of carbonyl (C=O) groups is 2. The van der Waals surface area contributed by atoms with E-state index in [1.807, 2.05) is 23.1 Å². The van der Waals surface area contributed by atoms with Gasteiger partial charge in [-0.3, -0.25) is 9.59 Å². The first-order valence-corrected chi connectivity index (χ1v) is 9.85. The van der Waals surface area contributed by atoms with Gasteiger partial charge in [0.25, 0.3) is 0 Å². The van der Waals surface area contributed by atoms with Crippen molar-refractivity contribution in [3.63, 3.8) is 0 Å². The molecule has 1 aliphatic heterocycles. The number of thioether (sulfide) groups is 1. The van der Waals surface area contributed by atoms with E-state index < -0.39 is 0 Å². The molecule has 0 unspecified atom stereocenters. The van der Waals surface area contributed by atoms with E-state index in [2.05, 4.69) is 21.6 Å². The van der Waals surface area contributed by atoms with Crippen LogP contribution >= 0.6 is 11.8 Å². The number of para-hydroxylation sites is 1. The predicted octanol–water partition coefficient (Wildman–Crippen LogP) is 2.90. The van der Waals surface area contributed by atoms with Crippen molar-refractivity contribution in [3.05, 3.63) is 42.0 Å². The number of hydrogen-bond acceptors (Lipinski definition) is 5. The lowest BCUT2D eigenvalue weighted by Gasteiger charge is -2.29. The van der Waals surface area contributed by atoms with Crippen LogP contribution in [-0.4, -0.2) is 34.3 Å². The molecule has 1 N–H and O–H groups in total. The molecule has 0 radical (unpaired) electrons. The van der Waals surface area contributed by atoms with Gasteiger partial charge in [-0.2, -0.15) is 0 Å². The second kappa shape index (κ2) is 7.45. The predicted molar refractivity (Wildman–Crippen MR) is 101 cm³/mol. The zero-order valence-corrected chi connectivity index (χ0v) is 15.2. The summed E-state index contributed by atoms with van der Waals surface area (Å²) >= 11 is 1.37. The van der Waals surface area contributed by atoms with Crippen LogP contribution in [0.25, 0.3) is 0 Å². The normalized spacial score (nSPS) is 16.1. The van der Waals surface area contributed by atoms with Gasteiger partial charge in [-0.15, -0.1) is 10.2 Å². The number of hydrogen-bond donors (Lipinski definition) is 1. The Morgan fingerprint density at radius 2 is 2.00 bits per heavy atom. The van der Waals surface area contributed by atoms with Crippen LogP contribution in [-0.2, 0) is 16.0 Å². The highest BCUT2D eigenvalue weighted by Gasteiger charge is 2.29. The Bertz CT molecular complexity index is 821. The molecule has 1 saturated carbocycles. The molecule has 0 atom stereocenters. The number of amides is 2. The summed E-state index contributed by atoms with van der Waals surface area (Å²) in [6.07, 6.45) is 3.92. The van der Waals surface area contributed by atoms with Crippen LogP contribution in [0.1, 0.15) is 24.8 Å². The molecule has 1 fully saturated rings.